The van der Waals surface area contributed by atoms with Crippen molar-refractivity contribution in [3.63, 3.8) is 0 Å². The van der Waals surface area contributed by atoms with Crippen molar-refractivity contribution >= 4 is 52.4 Å². The molecule has 14 heteroatoms. The fraction of sp³-hybridized carbons (Fsp3) is 0.489. The van der Waals surface area contributed by atoms with Crippen LogP contribution in [0.25, 0.3) is 4.85 Å². The van der Waals surface area contributed by atoms with Crippen molar-refractivity contribution in [2.75, 3.05) is 86.7 Å². The lowest BCUT2D eigenvalue weighted by molar-refractivity contribution is -0.136. The molecule has 2 aromatic carbocycles. The minimum Gasteiger partial charge on any atom is -0.371 e. The van der Waals surface area contributed by atoms with Crippen molar-refractivity contribution in [2.24, 2.45) is 11.3 Å². The molecule has 1 spiro atoms. The second kappa shape index (κ2) is 15.7. The third-order valence-corrected chi connectivity index (χ3v) is 13.8. The number of carbonyl (C=O) groups is 5. The van der Waals surface area contributed by atoms with Crippen molar-refractivity contribution in [2.45, 2.75) is 57.9 Å². The van der Waals surface area contributed by atoms with Crippen LogP contribution in [0.3, 0.4) is 0 Å². The zero-order chi connectivity index (χ0) is 40.8. The van der Waals surface area contributed by atoms with E-state index in [2.05, 4.69) is 57.8 Å². The minimum absolute atomic E-state index is 0.0985. The van der Waals surface area contributed by atoms with E-state index in [1.807, 2.05) is 31.3 Å². The van der Waals surface area contributed by atoms with Crippen LogP contribution in [-0.2, 0) is 9.59 Å². The number of hydrogen-bond donors (Lipinski definition) is 1. The third-order valence-electron chi connectivity index (χ3n) is 13.8. The van der Waals surface area contributed by atoms with E-state index >= 15 is 0 Å². The highest BCUT2D eigenvalue weighted by molar-refractivity contribution is 6.23. The average molecular weight is 798 g/mol. The van der Waals surface area contributed by atoms with Gasteiger partial charge in [-0.1, -0.05) is 6.57 Å². The molecule has 1 aromatic heterocycles. The number of benzene rings is 2. The van der Waals surface area contributed by atoms with Gasteiger partial charge in [-0.2, -0.15) is 0 Å². The largest absolute Gasteiger partial charge is 0.371 e. The SMILES string of the molecule is [C-]#[N+]c1ncc(N2CCC3(CCN(C(=O)c4ccc(N5CCN(CC6CCN(c7ccc8c(c7)C(=O)N(C7CCC(=O)NC7=O)C8=O)CC6)CC5)cc4)C3)CC2)cc1C. The highest BCUT2D eigenvalue weighted by atomic mass is 16.2. The summed E-state index contributed by atoms with van der Waals surface area (Å²) in [4.78, 5) is 84.7. The number of rotatable bonds is 7. The monoisotopic (exact) mass is 797 g/mol. The first-order chi connectivity index (χ1) is 28.6. The van der Waals surface area contributed by atoms with Gasteiger partial charge in [-0.25, -0.2) is 0 Å². The van der Waals surface area contributed by atoms with Gasteiger partial charge in [0.15, 0.2) is 0 Å². The van der Waals surface area contributed by atoms with E-state index in [4.69, 9.17) is 6.57 Å². The molecule has 5 fully saturated rings. The number of piperazine rings is 1. The molecule has 0 radical (unpaired) electrons. The van der Waals surface area contributed by atoms with Gasteiger partial charge in [0, 0.05) is 95.4 Å². The molecule has 1 N–H and O–H groups in total. The first-order valence-electron chi connectivity index (χ1n) is 21.1. The summed E-state index contributed by atoms with van der Waals surface area (Å²) in [6.07, 6.45) is 7.26. The molecule has 0 saturated carbocycles. The van der Waals surface area contributed by atoms with Crippen LogP contribution in [0.1, 0.15) is 81.6 Å². The number of amides is 5. The number of piperidine rings is 3. The Labute approximate surface area is 344 Å². The maximum Gasteiger partial charge on any atom is 0.272 e. The molecule has 14 nitrogen and oxygen atoms in total. The van der Waals surface area contributed by atoms with Crippen LogP contribution in [0, 0.1) is 24.8 Å². The standard InChI is InChI=1S/C45H51N9O5/c1-30-25-35(27-47-40(30)46-2)51-18-13-45(14-19-51)15-20-53(29-45)42(57)32-3-5-33(6-4-32)52-23-21-49(22-24-52)28-31-11-16-50(17-12-31)34-7-8-36-37(26-34)44(59)54(43(36)58)38-9-10-39(55)48-41(38)56/h3-8,25-27,31,38H,9-24,28-29H2,1H3,(H,48,55,56). The maximum atomic E-state index is 13.6. The van der Waals surface area contributed by atoms with E-state index in [0.29, 0.717) is 22.9 Å². The summed E-state index contributed by atoms with van der Waals surface area (Å²) in [6, 6.07) is 14.7. The molecule has 3 aromatic rings. The Morgan fingerprint density at radius 3 is 2.14 bits per heavy atom. The molecule has 59 heavy (non-hydrogen) atoms. The quantitative estimate of drug-likeness (QED) is 0.269. The number of hydrogen-bond acceptors (Lipinski definition) is 10. The fourth-order valence-electron chi connectivity index (χ4n) is 10.2. The molecule has 7 heterocycles. The van der Waals surface area contributed by atoms with Crippen molar-refractivity contribution in [3.8, 4) is 0 Å². The summed E-state index contributed by atoms with van der Waals surface area (Å²) >= 11 is 0. The zero-order valence-corrected chi connectivity index (χ0v) is 33.7. The zero-order valence-electron chi connectivity index (χ0n) is 33.7. The molecule has 0 aliphatic carbocycles. The summed E-state index contributed by atoms with van der Waals surface area (Å²) in [6.45, 7) is 19.3. The number of fused-ring (bicyclic) bond motifs is 1. The minimum atomic E-state index is -0.964. The maximum absolute atomic E-state index is 13.6. The number of nitrogens with zero attached hydrogens (tertiary/aromatic N) is 8. The number of likely N-dealkylation sites (tertiary alicyclic amines) is 1. The summed E-state index contributed by atoms with van der Waals surface area (Å²) < 4.78 is 0. The summed E-state index contributed by atoms with van der Waals surface area (Å²) in [5.41, 5.74) is 5.60. The number of aromatic nitrogens is 1. The van der Waals surface area contributed by atoms with Gasteiger partial charge in [-0.05, 0) is 111 Å². The topological polar surface area (TPSA) is 134 Å². The Kier molecular flexibility index (Phi) is 10.3. The van der Waals surface area contributed by atoms with Crippen LogP contribution in [0.2, 0.25) is 0 Å². The molecule has 6 aliphatic rings. The van der Waals surface area contributed by atoms with Gasteiger partial charge < -0.3 is 24.4 Å². The number of carbonyl (C=O) groups excluding carboxylic acids is 5. The van der Waals surface area contributed by atoms with E-state index in [1.165, 1.54) is 0 Å². The van der Waals surface area contributed by atoms with Crippen LogP contribution in [0.4, 0.5) is 22.9 Å². The molecule has 9 rings (SSSR count). The molecular formula is C45H51N9O5. The number of imide groups is 2. The van der Waals surface area contributed by atoms with Gasteiger partial charge in [0.05, 0.1) is 16.8 Å². The predicted molar refractivity (Wildman–Crippen MR) is 223 cm³/mol. The molecule has 1 atom stereocenters. The molecule has 0 bridgehead atoms. The van der Waals surface area contributed by atoms with Gasteiger partial charge >= 0.3 is 0 Å². The van der Waals surface area contributed by atoms with Crippen LogP contribution >= 0.6 is 0 Å². The van der Waals surface area contributed by atoms with E-state index in [-0.39, 0.29) is 30.1 Å². The van der Waals surface area contributed by atoms with Gasteiger partial charge in [-0.15, -0.1) is 4.98 Å². The Morgan fingerprint density at radius 2 is 1.44 bits per heavy atom. The Bertz CT molecular complexity index is 2210. The number of anilines is 3. The normalized spacial score (nSPS) is 22.6. The number of aryl methyl sites for hydroxylation is 1. The summed E-state index contributed by atoms with van der Waals surface area (Å²) in [7, 11) is 0. The van der Waals surface area contributed by atoms with Crippen molar-refractivity contribution in [1.82, 2.24) is 25.0 Å². The lowest BCUT2D eigenvalue weighted by atomic mass is 9.77. The predicted octanol–water partition coefficient (Wildman–Crippen LogP) is 4.51. The van der Waals surface area contributed by atoms with Crippen LogP contribution in [0.15, 0.2) is 54.7 Å². The Morgan fingerprint density at radius 1 is 0.780 bits per heavy atom. The van der Waals surface area contributed by atoms with Crippen molar-refractivity contribution in [3.05, 3.63) is 88.4 Å². The lowest BCUT2D eigenvalue weighted by Gasteiger charge is -2.40. The molecule has 306 valence electrons. The highest BCUT2D eigenvalue weighted by Gasteiger charge is 2.45. The van der Waals surface area contributed by atoms with Crippen molar-refractivity contribution < 1.29 is 24.0 Å². The first-order valence-corrected chi connectivity index (χ1v) is 21.1. The van der Waals surface area contributed by atoms with E-state index in [1.54, 1.807) is 12.1 Å². The van der Waals surface area contributed by atoms with Crippen LogP contribution in [-0.4, -0.2) is 127 Å². The second-order valence-electron chi connectivity index (χ2n) is 17.4. The summed E-state index contributed by atoms with van der Waals surface area (Å²) in [5.74, 6) is -0.776. The lowest BCUT2D eigenvalue weighted by Crippen LogP contribution is -2.54. The first kappa shape index (κ1) is 38.7. The molecule has 6 aliphatic heterocycles. The molecule has 5 amide bonds. The summed E-state index contributed by atoms with van der Waals surface area (Å²) in [5, 5.41) is 2.25. The van der Waals surface area contributed by atoms with Crippen LogP contribution in [0.5, 0.6) is 0 Å². The Balaban J connectivity index is 0.715. The molecule has 1 unspecified atom stereocenters. The van der Waals surface area contributed by atoms with E-state index in [9.17, 15) is 24.0 Å². The van der Waals surface area contributed by atoms with Gasteiger partial charge in [0.1, 0.15) is 12.2 Å². The van der Waals surface area contributed by atoms with Crippen molar-refractivity contribution in [1.29, 1.82) is 0 Å². The highest BCUT2D eigenvalue weighted by Crippen LogP contribution is 2.42. The van der Waals surface area contributed by atoms with E-state index < -0.39 is 23.8 Å². The Hall–Kier alpha value is -5.81. The molecular weight excluding hydrogens is 747 g/mol. The second-order valence-corrected chi connectivity index (χ2v) is 17.4. The fourth-order valence-corrected chi connectivity index (χ4v) is 10.2. The van der Waals surface area contributed by atoms with Crippen LogP contribution < -0.4 is 20.0 Å². The van der Waals surface area contributed by atoms with E-state index in [0.717, 1.165) is 137 Å². The van der Waals surface area contributed by atoms with Gasteiger partial charge in [0.25, 0.3) is 23.5 Å². The number of nitrogens with one attached hydrogen (secondary N) is 1. The average Bonchev–Trinajstić information content (AvgIpc) is 3.78. The smallest absolute Gasteiger partial charge is 0.272 e. The molecule has 5 saturated heterocycles. The van der Waals surface area contributed by atoms with Gasteiger partial charge in [-0.3, -0.25) is 39.1 Å². The van der Waals surface area contributed by atoms with Gasteiger partial charge in [0.2, 0.25) is 11.8 Å². The number of pyridine rings is 1. The third kappa shape index (κ3) is 7.52.